The molecule has 1 aliphatic carbocycles. The van der Waals surface area contributed by atoms with Gasteiger partial charge in [-0.2, -0.15) is 0 Å². The van der Waals surface area contributed by atoms with Gasteiger partial charge in [-0.05, 0) is 62.2 Å². The summed E-state index contributed by atoms with van der Waals surface area (Å²) < 4.78 is 7.79. The Morgan fingerprint density at radius 3 is 2.96 bits per heavy atom. The Morgan fingerprint density at radius 1 is 1.21 bits per heavy atom. The summed E-state index contributed by atoms with van der Waals surface area (Å²) in [4.78, 5) is 7.19. The van der Waals surface area contributed by atoms with Crippen molar-refractivity contribution in [1.29, 1.82) is 0 Å². The van der Waals surface area contributed by atoms with Crippen molar-refractivity contribution in [3.63, 3.8) is 0 Å². The third kappa shape index (κ3) is 2.25. The molecule has 0 radical (unpaired) electrons. The maximum atomic E-state index is 5.49. The summed E-state index contributed by atoms with van der Waals surface area (Å²) in [5.74, 6) is 0.891. The van der Waals surface area contributed by atoms with Crippen LogP contribution >= 0.6 is 0 Å². The summed E-state index contributed by atoms with van der Waals surface area (Å²) in [6, 6.07) is 11.6. The number of benzene rings is 1. The van der Waals surface area contributed by atoms with E-state index < -0.39 is 0 Å². The van der Waals surface area contributed by atoms with Gasteiger partial charge in [-0.15, -0.1) is 0 Å². The lowest BCUT2D eigenvalue weighted by Gasteiger charge is -2.39. The highest BCUT2D eigenvalue weighted by Gasteiger charge is 2.30. The van der Waals surface area contributed by atoms with Gasteiger partial charge in [0, 0.05) is 18.2 Å². The zero-order chi connectivity index (χ0) is 15.9. The summed E-state index contributed by atoms with van der Waals surface area (Å²) in [7, 11) is 0. The van der Waals surface area contributed by atoms with Crippen molar-refractivity contribution in [2.75, 3.05) is 0 Å². The van der Waals surface area contributed by atoms with Gasteiger partial charge in [0.1, 0.15) is 5.76 Å². The fraction of sp³-hybridized carbons (Fsp3) is 0.350. The molecular formula is C20H21N3O. The van der Waals surface area contributed by atoms with E-state index in [-0.39, 0.29) is 0 Å². The monoisotopic (exact) mass is 319 g/mol. The first-order valence-electron chi connectivity index (χ1n) is 8.81. The molecule has 4 nitrogen and oxygen atoms in total. The third-order valence-corrected chi connectivity index (χ3v) is 5.44. The topological polar surface area (TPSA) is 34.2 Å². The highest BCUT2D eigenvalue weighted by atomic mass is 16.3. The fourth-order valence-electron chi connectivity index (χ4n) is 3.89. The van der Waals surface area contributed by atoms with E-state index in [4.69, 9.17) is 4.42 Å². The van der Waals surface area contributed by atoms with Crippen LogP contribution in [-0.4, -0.2) is 26.5 Å². The van der Waals surface area contributed by atoms with Gasteiger partial charge in [0.2, 0.25) is 0 Å². The number of nitrogens with zero attached hydrogens (tertiary/aromatic N) is 3. The van der Waals surface area contributed by atoms with Crippen LogP contribution in [0.1, 0.15) is 25.7 Å². The van der Waals surface area contributed by atoms with Crippen LogP contribution in [0.15, 0.2) is 59.6 Å². The zero-order valence-corrected chi connectivity index (χ0v) is 13.6. The molecule has 1 saturated carbocycles. The molecule has 2 aromatic heterocycles. The Hall–Kier alpha value is -2.49. The van der Waals surface area contributed by atoms with E-state index >= 15 is 0 Å². The van der Waals surface area contributed by atoms with Gasteiger partial charge in [0.15, 0.2) is 0 Å². The Bertz CT molecular complexity index is 874. The highest BCUT2D eigenvalue weighted by Crippen LogP contribution is 2.32. The average Bonchev–Trinajstić information content (AvgIpc) is 3.28. The van der Waals surface area contributed by atoms with E-state index in [9.17, 15) is 0 Å². The summed E-state index contributed by atoms with van der Waals surface area (Å²) in [5.41, 5.74) is 3.31. The number of hydrogen-bond acceptors (Lipinski definition) is 3. The second-order valence-corrected chi connectivity index (χ2v) is 6.88. The minimum atomic E-state index is 0.567. The number of fused-ring (bicyclic) bond motifs is 1. The van der Waals surface area contributed by atoms with Crippen LogP contribution < -0.4 is 0 Å². The molecule has 0 saturated heterocycles. The van der Waals surface area contributed by atoms with Gasteiger partial charge >= 0.3 is 0 Å². The van der Waals surface area contributed by atoms with Gasteiger partial charge in [-0.25, -0.2) is 4.98 Å². The molecule has 1 fully saturated rings. The first-order chi connectivity index (χ1) is 11.9. The number of hydrogen-bond donors (Lipinski definition) is 0. The molecule has 5 rings (SSSR count). The van der Waals surface area contributed by atoms with E-state index in [0.717, 1.165) is 35.8 Å². The van der Waals surface area contributed by atoms with Crippen LogP contribution in [0.4, 0.5) is 0 Å². The normalized spacial score (nSPS) is 20.8. The maximum Gasteiger partial charge on any atom is 0.133 e. The minimum absolute atomic E-state index is 0.567. The van der Waals surface area contributed by atoms with Crippen molar-refractivity contribution in [1.82, 2.24) is 14.5 Å². The first-order valence-corrected chi connectivity index (χ1v) is 8.81. The zero-order valence-electron chi connectivity index (χ0n) is 13.6. The quantitative estimate of drug-likeness (QED) is 0.713. The fourth-order valence-corrected chi connectivity index (χ4v) is 3.89. The van der Waals surface area contributed by atoms with E-state index in [0.29, 0.717) is 6.04 Å². The predicted octanol–water partition coefficient (Wildman–Crippen LogP) is 4.44. The Balaban J connectivity index is 1.41. The van der Waals surface area contributed by atoms with Crippen LogP contribution in [0, 0.1) is 0 Å². The molecule has 4 heteroatoms. The van der Waals surface area contributed by atoms with Crippen molar-refractivity contribution >= 4 is 11.0 Å². The maximum absolute atomic E-state index is 5.49. The standard InChI is InChI=1S/C20H21N3O/c1-4-16(5-1)23-10-2-6-17(23)13-22-14-21-18-12-15(8-9-19(18)22)20-7-3-11-24-20/h2-3,7-12,14,16-17H,1,4-6,13H2. The smallest absolute Gasteiger partial charge is 0.133 e. The van der Waals surface area contributed by atoms with Crippen molar-refractivity contribution in [3.8, 4) is 11.3 Å². The SMILES string of the molecule is C1=CN(C2CCC2)C(Cn2cnc3cc(-c4ccco4)ccc32)C1. The average molecular weight is 319 g/mol. The molecule has 2 aliphatic rings. The van der Waals surface area contributed by atoms with E-state index in [2.05, 4.69) is 44.9 Å². The summed E-state index contributed by atoms with van der Waals surface area (Å²) >= 11 is 0. The Kier molecular flexibility index (Phi) is 3.21. The van der Waals surface area contributed by atoms with Gasteiger partial charge in [-0.3, -0.25) is 0 Å². The molecule has 1 unspecified atom stereocenters. The van der Waals surface area contributed by atoms with Crippen molar-refractivity contribution < 1.29 is 4.42 Å². The third-order valence-electron chi connectivity index (χ3n) is 5.44. The first kappa shape index (κ1) is 13.9. The largest absolute Gasteiger partial charge is 0.464 e. The minimum Gasteiger partial charge on any atom is -0.464 e. The van der Waals surface area contributed by atoms with Crippen LogP contribution in [0.2, 0.25) is 0 Å². The van der Waals surface area contributed by atoms with Gasteiger partial charge < -0.3 is 13.9 Å². The molecule has 1 aliphatic heterocycles. The molecule has 0 bridgehead atoms. The molecule has 122 valence electrons. The lowest BCUT2D eigenvalue weighted by atomic mass is 9.91. The molecule has 24 heavy (non-hydrogen) atoms. The number of rotatable bonds is 4. The summed E-state index contributed by atoms with van der Waals surface area (Å²) in [6.07, 6.45) is 13.5. The summed E-state index contributed by atoms with van der Waals surface area (Å²) in [5, 5.41) is 0. The predicted molar refractivity (Wildman–Crippen MR) is 94.5 cm³/mol. The van der Waals surface area contributed by atoms with Gasteiger partial charge in [-0.1, -0.05) is 6.08 Å². The van der Waals surface area contributed by atoms with Gasteiger partial charge in [0.05, 0.1) is 29.7 Å². The molecule has 3 aromatic rings. The second-order valence-electron chi connectivity index (χ2n) is 6.88. The number of imidazole rings is 1. The van der Waals surface area contributed by atoms with Crippen molar-refractivity contribution in [2.24, 2.45) is 0 Å². The van der Waals surface area contributed by atoms with Crippen LogP contribution in [-0.2, 0) is 6.54 Å². The second kappa shape index (κ2) is 5.55. The Labute approximate surface area is 141 Å². The van der Waals surface area contributed by atoms with Crippen LogP contribution in [0.5, 0.6) is 0 Å². The molecule has 0 N–H and O–H groups in total. The van der Waals surface area contributed by atoms with Crippen molar-refractivity contribution in [3.05, 3.63) is 55.2 Å². The summed E-state index contributed by atoms with van der Waals surface area (Å²) in [6.45, 7) is 1.00. The molecular weight excluding hydrogens is 298 g/mol. The van der Waals surface area contributed by atoms with Crippen LogP contribution in [0.3, 0.4) is 0 Å². The Morgan fingerprint density at radius 2 is 2.17 bits per heavy atom. The lowest BCUT2D eigenvalue weighted by molar-refractivity contribution is 0.138. The van der Waals surface area contributed by atoms with Crippen LogP contribution in [0.25, 0.3) is 22.4 Å². The number of aromatic nitrogens is 2. The molecule has 3 heterocycles. The van der Waals surface area contributed by atoms with E-state index in [1.54, 1.807) is 6.26 Å². The molecule has 0 amide bonds. The number of furan rings is 1. The van der Waals surface area contributed by atoms with E-state index in [1.165, 1.54) is 24.8 Å². The van der Waals surface area contributed by atoms with Crippen molar-refractivity contribution in [2.45, 2.75) is 44.3 Å². The molecule has 1 aromatic carbocycles. The van der Waals surface area contributed by atoms with E-state index in [1.807, 2.05) is 18.5 Å². The molecule has 0 spiro atoms. The lowest BCUT2D eigenvalue weighted by Crippen LogP contribution is -2.42. The molecule has 1 atom stereocenters. The highest BCUT2D eigenvalue weighted by molar-refractivity contribution is 5.81. The van der Waals surface area contributed by atoms with Gasteiger partial charge in [0.25, 0.3) is 0 Å².